The first-order valence-corrected chi connectivity index (χ1v) is 13.9. The Labute approximate surface area is 194 Å². The molecule has 0 spiro atoms. The minimum Gasteiger partial charge on any atom is -0.379 e. The van der Waals surface area contributed by atoms with Crippen LogP contribution in [0.15, 0.2) is 0 Å². The van der Waals surface area contributed by atoms with Crippen molar-refractivity contribution in [2.24, 2.45) is 0 Å². The Morgan fingerprint density at radius 1 is 0.710 bits per heavy atom. The van der Waals surface area contributed by atoms with Gasteiger partial charge in [0.25, 0.3) is 0 Å². The molecular weight excluding hydrogens is 386 g/mol. The topological polar surface area (TPSA) is 38.7 Å². The zero-order valence-electron chi connectivity index (χ0n) is 21.3. The minimum absolute atomic E-state index is 0.113. The predicted octanol–water partition coefficient (Wildman–Crippen LogP) is 6.84. The van der Waals surface area contributed by atoms with Crippen LogP contribution in [0.5, 0.6) is 0 Å². The Kier molecular flexibility index (Phi) is 19.0. The molecule has 1 N–H and O–H groups in total. The summed E-state index contributed by atoms with van der Waals surface area (Å²) in [5, 5.41) is 9.95. The van der Waals surface area contributed by atoms with Crippen LogP contribution in [-0.2, 0) is 9.47 Å². The summed E-state index contributed by atoms with van der Waals surface area (Å²) in [5.74, 6) is 0. The molecule has 0 radical (unpaired) electrons. The van der Waals surface area contributed by atoms with Crippen LogP contribution in [0.4, 0.5) is 0 Å². The molecule has 0 amide bonds. The van der Waals surface area contributed by atoms with Gasteiger partial charge in [-0.1, -0.05) is 90.4 Å². The second-order valence-electron chi connectivity index (χ2n) is 9.92. The van der Waals surface area contributed by atoms with Crippen LogP contribution in [0, 0.1) is 0 Å². The fourth-order valence-electron chi connectivity index (χ4n) is 5.00. The molecule has 186 valence electrons. The van der Waals surface area contributed by atoms with Crippen molar-refractivity contribution in [2.45, 2.75) is 129 Å². The molecule has 1 saturated heterocycles. The molecule has 31 heavy (non-hydrogen) atoms. The van der Waals surface area contributed by atoms with Gasteiger partial charge in [-0.15, -0.1) is 0 Å². The molecule has 1 heterocycles. The predicted molar refractivity (Wildman–Crippen MR) is 132 cm³/mol. The monoisotopic (exact) mass is 442 g/mol. The maximum absolute atomic E-state index is 9.95. The van der Waals surface area contributed by atoms with Crippen LogP contribution < -0.4 is 0 Å². The summed E-state index contributed by atoms with van der Waals surface area (Å²) < 4.78 is 12.7. The summed E-state index contributed by atoms with van der Waals surface area (Å²) in [6.45, 7) is 9.88. The van der Waals surface area contributed by atoms with E-state index in [1.807, 2.05) is 0 Å². The van der Waals surface area contributed by atoms with Gasteiger partial charge >= 0.3 is 0 Å². The van der Waals surface area contributed by atoms with Crippen molar-refractivity contribution in [1.29, 1.82) is 0 Å². The number of piperidine rings is 1. The highest BCUT2D eigenvalue weighted by Crippen LogP contribution is 2.20. The van der Waals surface area contributed by atoms with Crippen LogP contribution in [0.1, 0.15) is 123 Å². The maximum Gasteiger partial charge on any atom is 0.180 e. The van der Waals surface area contributed by atoms with Crippen LogP contribution in [0.3, 0.4) is 0 Å². The lowest BCUT2D eigenvalue weighted by Crippen LogP contribution is -2.56. The van der Waals surface area contributed by atoms with Gasteiger partial charge in [-0.25, -0.2) is 0 Å². The van der Waals surface area contributed by atoms with Gasteiger partial charge in [0.15, 0.2) is 6.73 Å². The zero-order valence-corrected chi connectivity index (χ0v) is 21.3. The number of quaternary nitrogens is 1. The zero-order chi connectivity index (χ0) is 22.5. The van der Waals surface area contributed by atoms with Crippen molar-refractivity contribution in [2.75, 3.05) is 46.2 Å². The largest absolute Gasteiger partial charge is 0.379 e. The van der Waals surface area contributed by atoms with E-state index in [1.165, 1.54) is 103 Å². The maximum atomic E-state index is 9.95. The molecule has 1 fully saturated rings. The number of aliphatic hydroxyl groups excluding tert-OH is 1. The van der Waals surface area contributed by atoms with E-state index in [0.29, 0.717) is 6.61 Å². The van der Waals surface area contributed by atoms with Crippen molar-refractivity contribution < 1.29 is 19.1 Å². The fraction of sp³-hybridized carbons (Fsp3) is 1.00. The highest BCUT2D eigenvalue weighted by molar-refractivity contribution is 4.61. The number of unbranched alkanes of at least 4 members (excludes halogenated alkanes) is 13. The van der Waals surface area contributed by atoms with Crippen LogP contribution >= 0.6 is 0 Å². The normalized spacial score (nSPS) is 17.1. The van der Waals surface area contributed by atoms with Gasteiger partial charge in [0.2, 0.25) is 0 Å². The SMILES string of the molecule is CCCCCCCCCCCCCCCCOCC(C[N+]1(CO)CCCCC1)OCC. The third kappa shape index (κ3) is 15.3. The summed E-state index contributed by atoms with van der Waals surface area (Å²) in [7, 11) is 0. The van der Waals surface area contributed by atoms with Gasteiger partial charge in [0.05, 0.1) is 19.7 Å². The lowest BCUT2D eigenvalue weighted by molar-refractivity contribution is -0.951. The lowest BCUT2D eigenvalue weighted by atomic mass is 10.0. The Morgan fingerprint density at radius 2 is 1.23 bits per heavy atom. The summed E-state index contributed by atoms with van der Waals surface area (Å²) in [4.78, 5) is 0. The fourth-order valence-corrected chi connectivity index (χ4v) is 5.00. The molecule has 0 bridgehead atoms. The van der Waals surface area contributed by atoms with Crippen LogP contribution in [-0.4, -0.2) is 61.9 Å². The summed E-state index contributed by atoms with van der Waals surface area (Å²) in [6, 6.07) is 0. The number of hydrogen-bond donors (Lipinski definition) is 1. The van der Waals surface area contributed by atoms with Gasteiger partial charge in [0.1, 0.15) is 12.6 Å². The van der Waals surface area contributed by atoms with Gasteiger partial charge in [0, 0.05) is 13.2 Å². The van der Waals surface area contributed by atoms with Crippen molar-refractivity contribution in [3.8, 4) is 0 Å². The lowest BCUT2D eigenvalue weighted by Gasteiger charge is -2.41. The summed E-state index contributed by atoms with van der Waals surface area (Å²) in [6.07, 6.45) is 23.3. The van der Waals surface area contributed by atoms with E-state index >= 15 is 0 Å². The average molecular weight is 443 g/mol. The number of hydrogen-bond acceptors (Lipinski definition) is 3. The number of nitrogens with zero attached hydrogens (tertiary/aromatic N) is 1. The Balaban J connectivity index is 1.93. The van der Waals surface area contributed by atoms with E-state index < -0.39 is 0 Å². The van der Waals surface area contributed by atoms with Gasteiger partial charge in [-0.3, -0.25) is 4.48 Å². The Hall–Kier alpha value is -0.160. The van der Waals surface area contributed by atoms with Crippen LogP contribution in [0.25, 0.3) is 0 Å². The highest BCUT2D eigenvalue weighted by Gasteiger charge is 2.32. The van der Waals surface area contributed by atoms with E-state index in [4.69, 9.17) is 9.47 Å². The molecule has 1 aliphatic heterocycles. The molecule has 0 aromatic rings. The van der Waals surface area contributed by atoms with E-state index in [2.05, 4.69) is 13.8 Å². The molecule has 4 nitrogen and oxygen atoms in total. The molecular formula is C27H56NO3+. The molecule has 0 aliphatic carbocycles. The molecule has 1 rings (SSSR count). The second kappa shape index (κ2) is 20.4. The second-order valence-corrected chi connectivity index (χ2v) is 9.92. The summed E-state index contributed by atoms with van der Waals surface area (Å²) >= 11 is 0. The summed E-state index contributed by atoms with van der Waals surface area (Å²) in [5.41, 5.74) is 0. The number of likely N-dealkylation sites (tertiary alicyclic amines) is 1. The third-order valence-corrected chi connectivity index (χ3v) is 7.00. The van der Waals surface area contributed by atoms with Crippen molar-refractivity contribution in [1.82, 2.24) is 0 Å². The Bertz CT molecular complexity index is 371. The molecule has 1 unspecified atom stereocenters. The number of rotatable bonds is 22. The van der Waals surface area contributed by atoms with Gasteiger partial charge < -0.3 is 14.6 Å². The van der Waals surface area contributed by atoms with E-state index in [-0.39, 0.29) is 12.8 Å². The Morgan fingerprint density at radius 3 is 1.71 bits per heavy atom. The first-order chi connectivity index (χ1) is 15.3. The standard InChI is InChI=1S/C27H56NO3/c1-3-5-6-7-8-9-10-11-12-13-14-15-16-20-23-30-25-27(31-4-2)24-28(26-29)21-18-17-19-22-28/h27,29H,3-26H2,1-2H3/q+1. The highest BCUT2D eigenvalue weighted by atomic mass is 16.5. The third-order valence-electron chi connectivity index (χ3n) is 7.00. The first-order valence-electron chi connectivity index (χ1n) is 13.9. The molecule has 0 aromatic heterocycles. The van der Waals surface area contributed by atoms with E-state index in [9.17, 15) is 5.11 Å². The molecule has 4 heteroatoms. The van der Waals surface area contributed by atoms with E-state index in [0.717, 1.165) is 43.8 Å². The molecule has 0 aromatic carbocycles. The van der Waals surface area contributed by atoms with Gasteiger partial charge in [-0.05, 0) is 32.6 Å². The molecule has 1 atom stereocenters. The van der Waals surface area contributed by atoms with Crippen LogP contribution in [0.2, 0.25) is 0 Å². The minimum atomic E-state index is 0.113. The quantitative estimate of drug-likeness (QED) is 0.147. The van der Waals surface area contributed by atoms with Crippen molar-refractivity contribution >= 4 is 0 Å². The number of aliphatic hydroxyl groups is 1. The average Bonchev–Trinajstić information content (AvgIpc) is 2.79. The van der Waals surface area contributed by atoms with Gasteiger partial charge in [-0.2, -0.15) is 0 Å². The van der Waals surface area contributed by atoms with Crippen molar-refractivity contribution in [3.63, 3.8) is 0 Å². The molecule has 0 saturated carbocycles. The first kappa shape index (κ1) is 28.9. The smallest absolute Gasteiger partial charge is 0.180 e. The van der Waals surface area contributed by atoms with E-state index in [1.54, 1.807) is 0 Å². The van der Waals surface area contributed by atoms with Crippen molar-refractivity contribution in [3.05, 3.63) is 0 Å². The molecule has 1 aliphatic rings. The number of ether oxygens (including phenoxy) is 2.